The monoisotopic (exact) mass is 360 g/mol. The van der Waals surface area contributed by atoms with Gasteiger partial charge in [-0.3, -0.25) is 0 Å². The summed E-state index contributed by atoms with van der Waals surface area (Å²) in [7, 11) is 0. The molecule has 0 rings (SSSR count). The van der Waals surface area contributed by atoms with Crippen molar-refractivity contribution in [3.8, 4) is 0 Å². The fourth-order valence-corrected chi connectivity index (χ4v) is 0. The van der Waals surface area contributed by atoms with E-state index in [1.165, 1.54) is 0 Å². The summed E-state index contributed by atoms with van der Waals surface area (Å²) in [4.78, 5) is 0. The van der Waals surface area contributed by atoms with Crippen LogP contribution in [0.5, 0.6) is 0 Å². The van der Waals surface area contributed by atoms with Crippen LogP contribution in [-0.4, -0.2) is 0 Å². The summed E-state index contributed by atoms with van der Waals surface area (Å²) in [5, 5.41) is 0. The van der Waals surface area contributed by atoms with Crippen LogP contribution in [0.4, 0.5) is 0 Å². The Labute approximate surface area is 43.1 Å². The van der Waals surface area contributed by atoms with Crippen molar-refractivity contribution in [2.75, 3.05) is 0 Å². The molecule has 0 aromatic carbocycles. The zero-order valence-corrected chi connectivity index (χ0v) is 7.58. The summed E-state index contributed by atoms with van der Waals surface area (Å²) >= 11 is -2.93. The van der Waals surface area contributed by atoms with Crippen molar-refractivity contribution in [2.45, 2.75) is 0 Å². The summed E-state index contributed by atoms with van der Waals surface area (Å²) < 4.78 is 18.5. The molecular formula is O2PuZr. The van der Waals surface area contributed by atoms with Gasteiger partial charge in [-0.25, -0.2) is 0 Å². The van der Waals surface area contributed by atoms with E-state index in [2.05, 4.69) is 0 Å². The fraction of sp³-hybridized carbons (Fsp3) is 0. The van der Waals surface area contributed by atoms with E-state index in [4.69, 9.17) is 0 Å². The molecule has 0 aliphatic carbocycles. The predicted octanol–water partition coefficient (Wildman–Crippen LogP) is -0.240. The molecule has 4 heavy (non-hydrogen) atoms. The first kappa shape index (κ1) is 5.47. The van der Waals surface area contributed by atoms with Crippen molar-refractivity contribution >= 4 is 0 Å². The van der Waals surface area contributed by atoms with Crippen LogP contribution in [0.15, 0.2) is 0 Å². The minimum absolute atomic E-state index is 1.39. The van der Waals surface area contributed by atoms with Gasteiger partial charge < -0.3 is 0 Å². The van der Waals surface area contributed by atoms with E-state index in [0.717, 1.165) is 0 Å². The molecule has 0 saturated carbocycles. The Morgan fingerprint density at radius 2 is 2.00 bits per heavy atom. The maximum atomic E-state index is 9.25. The Hall–Kier alpha value is 1.47. The van der Waals surface area contributed by atoms with E-state index in [1.54, 1.807) is 0 Å². The fourth-order valence-electron chi connectivity index (χ4n) is 0. The molecule has 0 heterocycles. The van der Waals surface area contributed by atoms with E-state index in [9.17, 15) is 5.28 Å². The van der Waals surface area contributed by atoms with Gasteiger partial charge in [-0.15, -0.1) is 0 Å². The van der Waals surface area contributed by atoms with Crippen molar-refractivity contribution in [1.29, 1.82) is 0 Å². The number of hydrogen-bond acceptors (Lipinski definition) is 2. The van der Waals surface area contributed by atoms with Crippen LogP contribution in [0.2, 0.25) is 0 Å². The molecule has 0 saturated heterocycles. The second-order valence-corrected chi connectivity index (χ2v) is 9.20. The van der Waals surface area contributed by atoms with Gasteiger partial charge in [0.2, 0.25) is 0 Å². The second kappa shape index (κ2) is 4.47. The third-order valence-electron chi connectivity index (χ3n) is 0.0340. The first-order valence-electron chi connectivity index (χ1n) is 0.575. The van der Waals surface area contributed by atoms with Gasteiger partial charge >= 0.3 is 43.8 Å². The third kappa shape index (κ3) is 3.47. The van der Waals surface area contributed by atoms with Crippen LogP contribution in [0.1, 0.15) is 0 Å². The molecule has 0 amide bonds. The molecule has 0 spiro atoms. The summed E-state index contributed by atoms with van der Waals surface area (Å²) in [5.74, 6) is 0. The Kier molecular flexibility index (Phi) is 6.11. The van der Waals surface area contributed by atoms with E-state index < -0.39 is 38.5 Å². The van der Waals surface area contributed by atoms with Crippen LogP contribution < -0.4 is 0 Å². The van der Waals surface area contributed by atoms with Crippen molar-refractivity contribution in [1.82, 2.24) is 0 Å². The van der Waals surface area contributed by atoms with E-state index in [0.29, 0.717) is 0 Å². The van der Waals surface area contributed by atoms with Crippen molar-refractivity contribution in [2.24, 2.45) is 0 Å². The standard InChI is InChI=1S/2O.Pu.Zr. The topological polar surface area (TPSA) is 34.1 Å². The average molecular weight is 367 g/mol. The van der Waals surface area contributed by atoms with Crippen molar-refractivity contribution in [3.63, 3.8) is 0 Å². The third-order valence-corrected chi connectivity index (χ3v) is 1.88. The molecule has 0 aromatic heterocycles. The van der Waals surface area contributed by atoms with Gasteiger partial charge in [-0.1, -0.05) is 0 Å². The molecule has 2 nitrogen and oxygen atoms in total. The summed E-state index contributed by atoms with van der Waals surface area (Å²) in [5.41, 5.74) is 0. The molecule has 0 aliphatic rings. The Bertz CT molecular complexity index is 27.0. The predicted molar refractivity (Wildman–Crippen MR) is 1.37 cm³/mol. The van der Waals surface area contributed by atoms with Gasteiger partial charge in [0, 0.05) is 0 Å². The van der Waals surface area contributed by atoms with Crippen LogP contribution in [-0.2, 0) is 22.9 Å². The Balaban J connectivity index is 2.73. The van der Waals surface area contributed by atoms with Gasteiger partial charge in [0.05, 0.1) is 0 Å². The second-order valence-electron chi connectivity index (χ2n) is 0.167. The zero-order valence-electron chi connectivity index (χ0n) is 1.72. The van der Waals surface area contributed by atoms with E-state index in [1.807, 2.05) is 0 Å². The first-order chi connectivity index (χ1) is 1.91. The normalized spacial score (nSPS) is 3.00. The Morgan fingerprint density at radius 3 is 2.00 bits per heavy atom. The van der Waals surface area contributed by atoms with Crippen molar-refractivity contribution < 1.29 is 43.8 Å². The zero-order chi connectivity index (χ0) is 3.41. The Morgan fingerprint density at radius 1 is 1.75 bits per heavy atom. The number of hydrogen-bond donors (Lipinski definition) is 0. The van der Waals surface area contributed by atoms with Crippen LogP contribution >= 0.6 is 0 Å². The van der Waals surface area contributed by atoms with Gasteiger partial charge in [0.15, 0.2) is 0 Å². The van der Waals surface area contributed by atoms with Gasteiger partial charge in [0.25, 0.3) is 0 Å². The SMILES string of the molecule is [O]=[Zr][Pu]=[O]. The molecule has 0 fully saturated rings. The molecule has 4 heteroatoms. The molecule has 0 unspecified atom stereocenters. The van der Waals surface area contributed by atoms with Crippen LogP contribution in [0, 0.1) is 20.9 Å². The van der Waals surface area contributed by atoms with Crippen LogP contribution in [0.25, 0.3) is 0 Å². The quantitative estimate of drug-likeness (QED) is 0.641. The molecule has 0 atom stereocenters. The first-order valence-corrected chi connectivity index (χ1v) is 14.0. The molecule has 0 bridgehead atoms. The summed E-state index contributed by atoms with van der Waals surface area (Å²) in [6, 6.07) is 0. The number of rotatable bonds is 1. The van der Waals surface area contributed by atoms with Crippen molar-refractivity contribution in [3.05, 3.63) is 0 Å². The molecule has 0 aromatic rings. The summed E-state index contributed by atoms with van der Waals surface area (Å²) in [6.07, 6.45) is 0. The molecule has 0 N–H and O–H groups in total. The molecular weight excluding hydrogens is 367 g/mol. The van der Waals surface area contributed by atoms with Gasteiger partial charge in [0.1, 0.15) is 0 Å². The van der Waals surface area contributed by atoms with E-state index >= 15 is 0 Å². The van der Waals surface area contributed by atoms with Gasteiger partial charge in [-0.2, -0.15) is 0 Å². The van der Waals surface area contributed by atoms with Gasteiger partial charge in [-0.05, 0) is 0 Å². The molecule has 0 radical (unpaired) electrons. The van der Waals surface area contributed by atoms with Crippen LogP contribution in [0.3, 0.4) is 0 Å². The molecule has 0 aliphatic heterocycles. The minimum atomic E-state index is -1.53. The average Bonchev–Trinajstić information content (AvgIpc) is 1.37. The summed E-state index contributed by atoms with van der Waals surface area (Å²) in [6.45, 7) is 0. The maximum absolute atomic E-state index is 9.25. The molecule has 22 valence electrons. The van der Waals surface area contributed by atoms with E-state index in [-0.39, 0.29) is 0 Å².